The Morgan fingerprint density at radius 1 is 1.56 bits per heavy atom. The molecule has 0 aliphatic rings. The van der Waals surface area contributed by atoms with Crippen molar-refractivity contribution in [2.24, 2.45) is 0 Å². The third-order valence-electron chi connectivity index (χ3n) is 1.91. The molecule has 0 saturated carbocycles. The van der Waals surface area contributed by atoms with E-state index in [4.69, 9.17) is 17.3 Å². The van der Waals surface area contributed by atoms with Crippen molar-refractivity contribution in [1.29, 1.82) is 0 Å². The number of aromatic nitrogens is 1. The van der Waals surface area contributed by atoms with Gasteiger partial charge in [0, 0.05) is 0 Å². The van der Waals surface area contributed by atoms with Gasteiger partial charge in [0.1, 0.15) is 5.15 Å². The topological polar surface area (TPSA) is 68.0 Å². The monoisotopic (exact) mass is 285 g/mol. The van der Waals surface area contributed by atoms with E-state index in [0.29, 0.717) is 0 Å². The Bertz CT molecular complexity index is 455. The molecule has 1 rings (SSSR count). The number of alkyl halides is 4. The molecule has 4 nitrogen and oxygen atoms in total. The molecule has 9 heteroatoms. The highest BCUT2D eigenvalue weighted by Crippen LogP contribution is 2.22. The molecule has 0 fully saturated rings. The van der Waals surface area contributed by atoms with Crippen LogP contribution in [0.25, 0.3) is 0 Å². The molecule has 0 radical (unpaired) electrons. The molecule has 0 saturated heterocycles. The van der Waals surface area contributed by atoms with Crippen molar-refractivity contribution in [2.75, 3.05) is 12.3 Å². The molecule has 1 aromatic heterocycles. The SMILES string of the molecule is Nc1cnc(Cl)c(C(=O)NCC(F)(F)C(F)F)c1. The Balaban J connectivity index is 2.75. The zero-order valence-electron chi connectivity index (χ0n) is 8.76. The van der Waals surface area contributed by atoms with E-state index in [0.717, 1.165) is 12.3 Å². The molecule has 0 aliphatic carbocycles. The Hall–Kier alpha value is -1.57. The van der Waals surface area contributed by atoms with Crippen LogP contribution in [-0.2, 0) is 0 Å². The minimum atomic E-state index is -4.31. The summed E-state index contributed by atoms with van der Waals surface area (Å²) in [5.74, 6) is -5.37. The van der Waals surface area contributed by atoms with Gasteiger partial charge in [0.2, 0.25) is 0 Å². The molecule has 0 bridgehead atoms. The lowest BCUT2D eigenvalue weighted by atomic mass is 10.2. The summed E-state index contributed by atoms with van der Waals surface area (Å²) in [5.41, 5.74) is 5.15. The molecule has 0 spiro atoms. The maximum absolute atomic E-state index is 12.6. The van der Waals surface area contributed by atoms with Crippen LogP contribution in [0.2, 0.25) is 5.15 Å². The fraction of sp³-hybridized carbons (Fsp3) is 0.333. The van der Waals surface area contributed by atoms with E-state index in [1.165, 1.54) is 0 Å². The van der Waals surface area contributed by atoms with Gasteiger partial charge in [-0.1, -0.05) is 11.6 Å². The summed E-state index contributed by atoms with van der Waals surface area (Å²) in [6, 6.07) is 1.10. The Morgan fingerprint density at radius 2 is 2.17 bits per heavy atom. The molecular formula is C9H8ClF4N3O. The number of hydrogen-bond donors (Lipinski definition) is 2. The molecule has 0 unspecified atom stereocenters. The fourth-order valence-electron chi connectivity index (χ4n) is 0.994. The number of rotatable bonds is 4. The number of anilines is 1. The van der Waals surface area contributed by atoms with Crippen molar-refractivity contribution in [3.63, 3.8) is 0 Å². The summed E-state index contributed by atoms with van der Waals surface area (Å²) in [5, 5.41) is 1.38. The number of halogens is 5. The van der Waals surface area contributed by atoms with Crippen molar-refractivity contribution in [3.8, 4) is 0 Å². The minimum absolute atomic E-state index is 0.0881. The van der Waals surface area contributed by atoms with Gasteiger partial charge >= 0.3 is 12.3 Å². The third kappa shape index (κ3) is 3.46. The lowest BCUT2D eigenvalue weighted by Gasteiger charge is -2.15. The summed E-state index contributed by atoms with van der Waals surface area (Å²) in [7, 11) is 0. The number of nitrogens with two attached hydrogens (primary N) is 1. The molecule has 1 amide bonds. The Kier molecular flexibility index (Phi) is 4.33. The molecule has 3 N–H and O–H groups in total. The summed E-state index contributed by atoms with van der Waals surface area (Å²) >= 11 is 5.54. The second-order valence-corrected chi connectivity index (χ2v) is 3.71. The fourth-order valence-corrected chi connectivity index (χ4v) is 1.18. The van der Waals surface area contributed by atoms with Crippen LogP contribution in [0, 0.1) is 0 Å². The van der Waals surface area contributed by atoms with E-state index in [9.17, 15) is 22.4 Å². The maximum Gasteiger partial charge on any atom is 0.324 e. The van der Waals surface area contributed by atoms with Crippen molar-refractivity contribution >= 4 is 23.2 Å². The Labute approximate surface area is 104 Å². The van der Waals surface area contributed by atoms with E-state index < -0.39 is 24.8 Å². The number of carbonyl (C=O) groups is 1. The molecule has 18 heavy (non-hydrogen) atoms. The van der Waals surface area contributed by atoms with Crippen LogP contribution >= 0.6 is 11.6 Å². The highest BCUT2D eigenvalue weighted by Gasteiger charge is 2.40. The summed E-state index contributed by atoms with van der Waals surface area (Å²) in [6.07, 6.45) is -2.71. The van der Waals surface area contributed by atoms with Crippen molar-refractivity contribution in [3.05, 3.63) is 23.0 Å². The average Bonchev–Trinajstić information content (AvgIpc) is 2.29. The van der Waals surface area contributed by atoms with Crippen molar-refractivity contribution in [2.45, 2.75) is 12.3 Å². The number of amides is 1. The number of hydrogen-bond acceptors (Lipinski definition) is 3. The van der Waals surface area contributed by atoms with Gasteiger partial charge in [-0.2, -0.15) is 8.78 Å². The number of nitrogens with one attached hydrogen (secondary N) is 1. The first-order valence-corrected chi connectivity index (χ1v) is 4.97. The standard InChI is InChI=1S/C9H8ClF4N3O/c10-6-5(1-4(15)2-16-6)7(18)17-3-9(13,14)8(11)12/h1-2,8H,3,15H2,(H,17,18). The van der Waals surface area contributed by atoms with Crippen LogP contribution in [0.15, 0.2) is 12.3 Å². The number of nitrogens with zero attached hydrogens (tertiary/aromatic N) is 1. The number of nitrogen functional groups attached to an aromatic ring is 1. The van der Waals surface area contributed by atoms with E-state index >= 15 is 0 Å². The molecule has 1 aromatic rings. The number of carbonyl (C=O) groups excluding carboxylic acids is 1. The largest absolute Gasteiger partial charge is 0.397 e. The second kappa shape index (κ2) is 5.38. The smallest absolute Gasteiger partial charge is 0.324 e. The molecule has 0 aliphatic heterocycles. The average molecular weight is 286 g/mol. The van der Waals surface area contributed by atoms with Crippen LogP contribution in [0.3, 0.4) is 0 Å². The molecule has 1 heterocycles. The van der Waals surface area contributed by atoms with Gasteiger partial charge in [-0.3, -0.25) is 4.79 Å². The van der Waals surface area contributed by atoms with Gasteiger partial charge in [0.15, 0.2) is 0 Å². The predicted octanol–water partition coefficient (Wildman–Crippen LogP) is 1.95. The van der Waals surface area contributed by atoms with Gasteiger partial charge in [0.05, 0.1) is 24.0 Å². The van der Waals surface area contributed by atoms with E-state index in [-0.39, 0.29) is 16.4 Å². The minimum Gasteiger partial charge on any atom is -0.397 e. The summed E-state index contributed by atoms with van der Waals surface area (Å²) in [6.45, 7) is -1.51. The highest BCUT2D eigenvalue weighted by molar-refractivity contribution is 6.32. The van der Waals surface area contributed by atoms with E-state index in [2.05, 4.69) is 4.98 Å². The predicted molar refractivity (Wildman–Crippen MR) is 56.9 cm³/mol. The first kappa shape index (κ1) is 14.5. The lowest BCUT2D eigenvalue weighted by Crippen LogP contribution is -2.41. The zero-order chi connectivity index (χ0) is 13.9. The van der Waals surface area contributed by atoms with Crippen LogP contribution in [0.4, 0.5) is 23.2 Å². The number of pyridine rings is 1. The summed E-state index contributed by atoms with van der Waals surface area (Å²) < 4.78 is 48.8. The van der Waals surface area contributed by atoms with Gasteiger partial charge in [-0.05, 0) is 6.07 Å². The quantitative estimate of drug-likeness (QED) is 0.656. The molecular weight excluding hydrogens is 278 g/mol. The maximum atomic E-state index is 12.6. The normalized spacial score (nSPS) is 11.7. The van der Waals surface area contributed by atoms with Crippen molar-refractivity contribution < 1.29 is 22.4 Å². The first-order valence-electron chi connectivity index (χ1n) is 4.59. The van der Waals surface area contributed by atoms with Gasteiger partial charge in [-0.15, -0.1) is 0 Å². The molecule has 0 atom stereocenters. The van der Waals surface area contributed by atoms with Gasteiger partial charge < -0.3 is 11.1 Å². The third-order valence-corrected chi connectivity index (χ3v) is 2.21. The first-order chi connectivity index (χ1) is 8.24. The molecule has 100 valence electrons. The highest BCUT2D eigenvalue weighted by atomic mass is 35.5. The van der Waals surface area contributed by atoms with Gasteiger partial charge in [-0.25, -0.2) is 13.8 Å². The summed E-state index contributed by atoms with van der Waals surface area (Å²) in [4.78, 5) is 14.9. The van der Waals surface area contributed by atoms with E-state index in [1.54, 1.807) is 5.32 Å². The zero-order valence-corrected chi connectivity index (χ0v) is 9.52. The van der Waals surface area contributed by atoms with Crippen LogP contribution in [-0.4, -0.2) is 29.8 Å². The van der Waals surface area contributed by atoms with Crippen LogP contribution < -0.4 is 11.1 Å². The van der Waals surface area contributed by atoms with Crippen molar-refractivity contribution in [1.82, 2.24) is 10.3 Å². The van der Waals surface area contributed by atoms with Crippen LogP contribution in [0.5, 0.6) is 0 Å². The van der Waals surface area contributed by atoms with E-state index in [1.807, 2.05) is 0 Å². The van der Waals surface area contributed by atoms with Crippen LogP contribution in [0.1, 0.15) is 10.4 Å². The molecule has 0 aromatic carbocycles. The van der Waals surface area contributed by atoms with Gasteiger partial charge in [0.25, 0.3) is 5.91 Å². The second-order valence-electron chi connectivity index (χ2n) is 3.35. The Morgan fingerprint density at radius 3 is 2.72 bits per heavy atom. The lowest BCUT2D eigenvalue weighted by molar-refractivity contribution is -0.123.